The van der Waals surface area contributed by atoms with E-state index in [0.29, 0.717) is 18.2 Å². The summed E-state index contributed by atoms with van der Waals surface area (Å²) < 4.78 is 25.6. The number of sulfonamides is 1. The Morgan fingerprint density at radius 3 is 2.57 bits per heavy atom. The van der Waals surface area contributed by atoms with E-state index < -0.39 is 10.0 Å². The molecule has 0 aliphatic rings. The van der Waals surface area contributed by atoms with Gasteiger partial charge in [-0.25, -0.2) is 8.42 Å². The molecule has 28 heavy (non-hydrogen) atoms. The predicted octanol–water partition coefficient (Wildman–Crippen LogP) is 2.45. The van der Waals surface area contributed by atoms with Gasteiger partial charge >= 0.3 is 0 Å². The minimum Gasteiger partial charge on any atom is -0.361 e. The first-order valence-electron chi connectivity index (χ1n) is 9.01. The van der Waals surface area contributed by atoms with E-state index >= 15 is 0 Å². The number of aliphatic imine (C=N–C) groups is 1. The first kappa shape index (κ1) is 19.8. The molecule has 0 bridgehead atoms. The normalized spacial score (nSPS) is 12.1. The van der Waals surface area contributed by atoms with E-state index in [9.17, 15) is 8.42 Å². The fourth-order valence-electron chi connectivity index (χ4n) is 3.03. The second-order valence-electron chi connectivity index (χ2n) is 6.49. The number of anilines is 1. The Labute approximate surface area is 165 Å². The molecule has 0 unspecified atom stereocenters. The van der Waals surface area contributed by atoms with E-state index in [0.717, 1.165) is 30.3 Å². The van der Waals surface area contributed by atoms with E-state index in [-0.39, 0.29) is 0 Å². The van der Waals surface area contributed by atoms with Gasteiger partial charge in [-0.05, 0) is 29.7 Å². The largest absolute Gasteiger partial charge is 0.361 e. The van der Waals surface area contributed by atoms with Crippen molar-refractivity contribution >= 4 is 32.6 Å². The molecule has 0 aliphatic carbocycles. The minimum atomic E-state index is -3.33. The number of H-pyrrole nitrogens is 1. The standard InChI is InChI=1S/C20H25N5O2S/c1-21-20(22-12-11-15-13-23-19-10-6-4-8-17(15)19)24-14-16-7-3-5-9-18(16)25-28(2,26)27/h3-10,13,23,25H,11-12,14H2,1-2H3,(H2,21,22,24). The van der Waals surface area contributed by atoms with Gasteiger partial charge in [0.25, 0.3) is 0 Å². The maximum absolute atomic E-state index is 11.5. The topological polar surface area (TPSA) is 98.4 Å². The zero-order valence-corrected chi connectivity index (χ0v) is 16.8. The molecule has 0 atom stereocenters. The van der Waals surface area contributed by atoms with Crippen LogP contribution < -0.4 is 15.4 Å². The van der Waals surface area contributed by atoms with Crippen molar-refractivity contribution in [2.75, 3.05) is 24.6 Å². The Morgan fingerprint density at radius 1 is 1.04 bits per heavy atom. The maximum atomic E-state index is 11.5. The SMILES string of the molecule is CN=C(NCCc1c[nH]c2ccccc12)NCc1ccccc1NS(C)(=O)=O. The lowest BCUT2D eigenvalue weighted by Crippen LogP contribution is -2.38. The summed E-state index contributed by atoms with van der Waals surface area (Å²) in [5.74, 6) is 0.661. The van der Waals surface area contributed by atoms with Crippen LogP contribution in [0, 0.1) is 0 Å². The summed E-state index contributed by atoms with van der Waals surface area (Å²) in [6.07, 6.45) is 4.04. The van der Waals surface area contributed by atoms with Gasteiger partial charge in [0.15, 0.2) is 5.96 Å². The quantitative estimate of drug-likeness (QED) is 0.362. The van der Waals surface area contributed by atoms with Crippen LogP contribution in [-0.4, -0.2) is 39.2 Å². The van der Waals surface area contributed by atoms with Crippen molar-refractivity contribution in [3.05, 3.63) is 65.9 Å². The monoisotopic (exact) mass is 399 g/mol. The molecule has 0 saturated heterocycles. The van der Waals surface area contributed by atoms with Crippen LogP contribution in [0.4, 0.5) is 5.69 Å². The number of benzene rings is 2. The first-order valence-corrected chi connectivity index (χ1v) is 10.9. The average Bonchev–Trinajstić information content (AvgIpc) is 3.07. The highest BCUT2D eigenvalue weighted by Gasteiger charge is 2.08. The summed E-state index contributed by atoms with van der Waals surface area (Å²) in [7, 11) is -1.62. The molecule has 148 valence electrons. The number of para-hydroxylation sites is 2. The molecule has 7 nitrogen and oxygen atoms in total. The van der Waals surface area contributed by atoms with Crippen molar-refractivity contribution in [1.29, 1.82) is 0 Å². The lowest BCUT2D eigenvalue weighted by Gasteiger charge is -2.14. The number of aromatic nitrogens is 1. The zero-order valence-electron chi connectivity index (χ0n) is 16.0. The molecule has 3 aromatic rings. The Bertz CT molecular complexity index is 1070. The van der Waals surface area contributed by atoms with Crippen molar-refractivity contribution in [3.63, 3.8) is 0 Å². The van der Waals surface area contributed by atoms with Crippen molar-refractivity contribution < 1.29 is 8.42 Å². The van der Waals surface area contributed by atoms with Gasteiger partial charge in [0.1, 0.15) is 0 Å². The van der Waals surface area contributed by atoms with Gasteiger partial charge in [0.05, 0.1) is 11.9 Å². The van der Waals surface area contributed by atoms with E-state index in [4.69, 9.17) is 0 Å². The third-order valence-corrected chi connectivity index (χ3v) is 4.94. The van der Waals surface area contributed by atoms with Crippen LogP contribution in [0.15, 0.2) is 59.7 Å². The third-order valence-electron chi connectivity index (χ3n) is 4.34. The molecule has 0 saturated carbocycles. The van der Waals surface area contributed by atoms with Crippen LogP contribution in [0.3, 0.4) is 0 Å². The molecule has 2 aromatic carbocycles. The molecule has 4 N–H and O–H groups in total. The van der Waals surface area contributed by atoms with Gasteiger partial charge in [-0.3, -0.25) is 9.71 Å². The molecule has 3 rings (SSSR count). The molecule has 8 heteroatoms. The number of hydrogen-bond acceptors (Lipinski definition) is 3. The van der Waals surface area contributed by atoms with Gasteiger partial charge in [-0.2, -0.15) is 0 Å². The lowest BCUT2D eigenvalue weighted by molar-refractivity contribution is 0.606. The van der Waals surface area contributed by atoms with Crippen molar-refractivity contribution in [2.24, 2.45) is 4.99 Å². The zero-order chi connectivity index (χ0) is 20.0. The molecular formula is C20H25N5O2S. The highest BCUT2D eigenvalue weighted by molar-refractivity contribution is 7.92. The summed E-state index contributed by atoms with van der Waals surface area (Å²) in [6, 6.07) is 15.5. The summed E-state index contributed by atoms with van der Waals surface area (Å²) in [5.41, 5.74) is 3.79. The van der Waals surface area contributed by atoms with Gasteiger partial charge in [0.2, 0.25) is 10.0 Å². The van der Waals surface area contributed by atoms with Crippen LogP contribution in [0.1, 0.15) is 11.1 Å². The van der Waals surface area contributed by atoms with E-state index in [1.807, 2.05) is 30.5 Å². The number of aromatic amines is 1. The molecule has 0 aliphatic heterocycles. The number of guanidine groups is 1. The van der Waals surface area contributed by atoms with Crippen LogP contribution in [-0.2, 0) is 23.0 Å². The van der Waals surface area contributed by atoms with Gasteiger partial charge in [-0.15, -0.1) is 0 Å². The van der Waals surface area contributed by atoms with Gasteiger partial charge < -0.3 is 15.6 Å². The summed E-state index contributed by atoms with van der Waals surface area (Å²) >= 11 is 0. The Balaban J connectivity index is 1.56. The Kier molecular flexibility index (Phi) is 6.20. The van der Waals surface area contributed by atoms with E-state index in [1.54, 1.807) is 19.2 Å². The van der Waals surface area contributed by atoms with Gasteiger partial charge in [-0.1, -0.05) is 36.4 Å². The first-order chi connectivity index (χ1) is 13.5. The molecular weight excluding hydrogens is 374 g/mol. The highest BCUT2D eigenvalue weighted by atomic mass is 32.2. The summed E-state index contributed by atoms with van der Waals surface area (Å²) in [5, 5.41) is 7.75. The average molecular weight is 400 g/mol. The fraction of sp³-hybridized carbons (Fsp3) is 0.250. The summed E-state index contributed by atoms with van der Waals surface area (Å²) in [6.45, 7) is 1.18. The third kappa shape index (κ3) is 5.26. The second-order valence-corrected chi connectivity index (χ2v) is 8.24. The smallest absolute Gasteiger partial charge is 0.229 e. The fourth-order valence-corrected chi connectivity index (χ4v) is 3.63. The van der Waals surface area contributed by atoms with E-state index in [2.05, 4.69) is 37.5 Å². The van der Waals surface area contributed by atoms with Gasteiger partial charge in [0, 0.05) is 37.2 Å². The number of nitrogens with zero attached hydrogens (tertiary/aromatic N) is 1. The second kappa shape index (κ2) is 8.79. The predicted molar refractivity (Wildman–Crippen MR) is 115 cm³/mol. The molecule has 0 spiro atoms. The molecule has 0 amide bonds. The maximum Gasteiger partial charge on any atom is 0.229 e. The Morgan fingerprint density at radius 2 is 1.79 bits per heavy atom. The number of rotatable bonds is 7. The number of fused-ring (bicyclic) bond motifs is 1. The van der Waals surface area contributed by atoms with Crippen molar-refractivity contribution in [3.8, 4) is 0 Å². The van der Waals surface area contributed by atoms with Crippen molar-refractivity contribution in [2.45, 2.75) is 13.0 Å². The van der Waals surface area contributed by atoms with Crippen LogP contribution in [0.25, 0.3) is 10.9 Å². The number of nitrogens with one attached hydrogen (secondary N) is 4. The molecule has 1 aromatic heterocycles. The molecule has 0 fully saturated rings. The van der Waals surface area contributed by atoms with Crippen molar-refractivity contribution in [1.82, 2.24) is 15.6 Å². The molecule has 1 heterocycles. The number of hydrogen-bond donors (Lipinski definition) is 4. The Hall–Kier alpha value is -3.00. The molecule has 0 radical (unpaired) electrons. The highest BCUT2D eigenvalue weighted by Crippen LogP contribution is 2.18. The van der Waals surface area contributed by atoms with Crippen LogP contribution >= 0.6 is 0 Å². The van der Waals surface area contributed by atoms with Crippen LogP contribution in [0.5, 0.6) is 0 Å². The summed E-state index contributed by atoms with van der Waals surface area (Å²) in [4.78, 5) is 7.52. The van der Waals surface area contributed by atoms with E-state index in [1.165, 1.54) is 10.9 Å². The minimum absolute atomic E-state index is 0.450. The van der Waals surface area contributed by atoms with Crippen LogP contribution in [0.2, 0.25) is 0 Å². The lowest BCUT2D eigenvalue weighted by atomic mass is 10.1.